The zero-order valence-corrected chi connectivity index (χ0v) is 10.0. The fraction of sp³-hybridized carbons (Fsp3) is 0.182. The summed E-state index contributed by atoms with van der Waals surface area (Å²) >= 11 is 3.50. The Morgan fingerprint density at radius 2 is 2.27 bits per heavy atom. The van der Waals surface area contributed by atoms with Crippen molar-refractivity contribution in [2.75, 3.05) is 5.84 Å². The summed E-state index contributed by atoms with van der Waals surface area (Å²) in [6.45, 7) is 2.08. The zero-order chi connectivity index (χ0) is 10.8. The maximum atomic E-state index is 5.85. The van der Waals surface area contributed by atoms with Crippen LogP contribution in [0.4, 0.5) is 0 Å². The molecule has 3 nitrogen and oxygen atoms in total. The van der Waals surface area contributed by atoms with E-state index in [1.54, 1.807) is 10.9 Å². The number of nitrogens with zero attached hydrogens (tertiary/aromatic N) is 2. The minimum Gasteiger partial charge on any atom is -0.339 e. The van der Waals surface area contributed by atoms with Crippen molar-refractivity contribution >= 4 is 15.9 Å². The third-order valence-corrected chi connectivity index (χ3v) is 2.95. The molecule has 2 heterocycles. The van der Waals surface area contributed by atoms with Crippen LogP contribution < -0.4 is 5.84 Å². The Labute approximate surface area is 97.0 Å². The highest BCUT2D eigenvalue weighted by atomic mass is 79.9. The van der Waals surface area contributed by atoms with E-state index in [0.717, 1.165) is 27.8 Å². The Bertz CT molecular complexity index is 462. The van der Waals surface area contributed by atoms with E-state index in [4.69, 9.17) is 5.84 Å². The fourth-order valence-corrected chi connectivity index (χ4v) is 2.32. The minimum absolute atomic E-state index is 0.883. The van der Waals surface area contributed by atoms with Gasteiger partial charge in [-0.3, -0.25) is 9.66 Å². The van der Waals surface area contributed by atoms with Crippen LogP contribution >= 0.6 is 15.9 Å². The Balaban J connectivity index is 2.62. The van der Waals surface area contributed by atoms with Crippen molar-refractivity contribution in [2.24, 2.45) is 0 Å². The van der Waals surface area contributed by atoms with Gasteiger partial charge in [-0.2, -0.15) is 0 Å². The molecule has 0 unspecified atom stereocenters. The number of rotatable bonds is 2. The predicted molar refractivity (Wildman–Crippen MR) is 64.9 cm³/mol. The van der Waals surface area contributed by atoms with Gasteiger partial charge in [-0.15, -0.1) is 0 Å². The van der Waals surface area contributed by atoms with Gasteiger partial charge in [0, 0.05) is 28.1 Å². The molecule has 2 rings (SSSR count). The van der Waals surface area contributed by atoms with Gasteiger partial charge in [0.25, 0.3) is 0 Å². The van der Waals surface area contributed by atoms with Crippen LogP contribution in [0.1, 0.15) is 12.6 Å². The number of nitrogens with two attached hydrogens (primary N) is 1. The van der Waals surface area contributed by atoms with E-state index in [1.807, 2.05) is 24.4 Å². The zero-order valence-electron chi connectivity index (χ0n) is 8.44. The van der Waals surface area contributed by atoms with Crippen molar-refractivity contribution in [1.82, 2.24) is 9.66 Å². The lowest BCUT2D eigenvalue weighted by molar-refractivity contribution is 0.898. The standard InChI is InChI=1S/C11H12BrN3/c1-2-10-11(8(12)7-15(10)13)9-5-3-4-6-14-9/h3-7H,2,13H2,1H3. The second-order valence-corrected chi connectivity index (χ2v) is 4.13. The summed E-state index contributed by atoms with van der Waals surface area (Å²) < 4.78 is 2.63. The van der Waals surface area contributed by atoms with Crippen LogP contribution in [0.25, 0.3) is 11.3 Å². The van der Waals surface area contributed by atoms with Crippen LogP contribution in [0, 0.1) is 0 Å². The number of halogens is 1. The molecule has 4 heteroatoms. The van der Waals surface area contributed by atoms with Crippen LogP contribution in [0.3, 0.4) is 0 Å². The highest BCUT2D eigenvalue weighted by molar-refractivity contribution is 9.10. The topological polar surface area (TPSA) is 43.8 Å². The van der Waals surface area contributed by atoms with Crippen LogP contribution in [-0.4, -0.2) is 9.66 Å². The first-order valence-corrected chi connectivity index (χ1v) is 5.59. The first-order valence-electron chi connectivity index (χ1n) is 4.80. The summed E-state index contributed by atoms with van der Waals surface area (Å²) in [6, 6.07) is 5.86. The lowest BCUT2D eigenvalue weighted by Crippen LogP contribution is -2.10. The van der Waals surface area contributed by atoms with Crippen LogP contribution in [-0.2, 0) is 6.42 Å². The van der Waals surface area contributed by atoms with Crippen LogP contribution in [0.15, 0.2) is 35.1 Å². The van der Waals surface area contributed by atoms with E-state index in [9.17, 15) is 0 Å². The molecule has 0 saturated carbocycles. The van der Waals surface area contributed by atoms with Crippen molar-refractivity contribution in [3.63, 3.8) is 0 Å². The second kappa shape index (κ2) is 4.06. The third-order valence-electron chi connectivity index (χ3n) is 2.35. The molecule has 15 heavy (non-hydrogen) atoms. The molecular formula is C11H12BrN3. The molecule has 0 radical (unpaired) electrons. The van der Waals surface area contributed by atoms with Gasteiger partial charge in [0.1, 0.15) is 0 Å². The van der Waals surface area contributed by atoms with Gasteiger partial charge in [0.05, 0.1) is 5.69 Å². The average Bonchev–Trinajstić information content (AvgIpc) is 2.54. The monoisotopic (exact) mass is 265 g/mol. The highest BCUT2D eigenvalue weighted by Gasteiger charge is 2.13. The SMILES string of the molecule is CCc1c(-c2ccccn2)c(Br)cn1N. The molecule has 0 aliphatic rings. The van der Waals surface area contributed by atoms with E-state index in [1.165, 1.54) is 0 Å². The second-order valence-electron chi connectivity index (χ2n) is 3.27. The number of hydrogen-bond acceptors (Lipinski definition) is 2. The third kappa shape index (κ3) is 1.77. The van der Waals surface area contributed by atoms with Crippen LogP contribution in [0.5, 0.6) is 0 Å². The summed E-state index contributed by atoms with van der Waals surface area (Å²) in [4.78, 5) is 4.33. The molecule has 0 saturated heterocycles. The molecule has 0 aliphatic carbocycles. The minimum atomic E-state index is 0.883. The van der Waals surface area contributed by atoms with Crippen LogP contribution in [0.2, 0.25) is 0 Å². The number of aromatic nitrogens is 2. The van der Waals surface area contributed by atoms with Gasteiger partial charge in [-0.1, -0.05) is 13.0 Å². The summed E-state index contributed by atoms with van der Waals surface area (Å²) in [7, 11) is 0. The van der Waals surface area contributed by atoms with E-state index in [0.29, 0.717) is 0 Å². The molecule has 0 bridgehead atoms. The lowest BCUT2D eigenvalue weighted by Gasteiger charge is -2.04. The van der Waals surface area contributed by atoms with E-state index in [-0.39, 0.29) is 0 Å². The molecule has 0 aromatic carbocycles. The summed E-state index contributed by atoms with van der Waals surface area (Å²) in [5.74, 6) is 5.85. The molecule has 78 valence electrons. The number of pyridine rings is 1. The lowest BCUT2D eigenvalue weighted by atomic mass is 10.1. The van der Waals surface area contributed by atoms with E-state index in [2.05, 4.69) is 27.8 Å². The van der Waals surface area contributed by atoms with Gasteiger partial charge in [-0.05, 0) is 34.5 Å². The molecule has 2 aromatic heterocycles. The Kier molecular flexibility index (Phi) is 2.77. The summed E-state index contributed by atoms with van der Waals surface area (Å²) in [5, 5.41) is 0. The average molecular weight is 266 g/mol. The summed E-state index contributed by atoms with van der Waals surface area (Å²) in [5.41, 5.74) is 3.12. The predicted octanol–water partition coefficient (Wildman–Crippen LogP) is 2.59. The van der Waals surface area contributed by atoms with Gasteiger partial charge >= 0.3 is 0 Å². The smallest absolute Gasteiger partial charge is 0.0732 e. The molecule has 0 aliphatic heterocycles. The molecule has 2 N–H and O–H groups in total. The molecule has 0 amide bonds. The van der Waals surface area contributed by atoms with Crippen molar-refractivity contribution in [2.45, 2.75) is 13.3 Å². The molecule has 0 atom stereocenters. The van der Waals surface area contributed by atoms with Gasteiger partial charge in [0.15, 0.2) is 0 Å². The Morgan fingerprint density at radius 3 is 2.87 bits per heavy atom. The van der Waals surface area contributed by atoms with Crippen molar-refractivity contribution in [1.29, 1.82) is 0 Å². The molecule has 2 aromatic rings. The van der Waals surface area contributed by atoms with Crippen molar-refractivity contribution in [3.05, 3.63) is 40.8 Å². The molecule has 0 fully saturated rings. The quantitative estimate of drug-likeness (QED) is 0.849. The van der Waals surface area contributed by atoms with Gasteiger partial charge in [0.2, 0.25) is 0 Å². The number of hydrogen-bond donors (Lipinski definition) is 1. The number of nitrogen functional groups attached to an aromatic ring is 1. The largest absolute Gasteiger partial charge is 0.339 e. The van der Waals surface area contributed by atoms with Gasteiger partial charge < -0.3 is 5.84 Å². The van der Waals surface area contributed by atoms with Crippen molar-refractivity contribution in [3.8, 4) is 11.3 Å². The first-order chi connectivity index (χ1) is 7.24. The first kappa shape index (κ1) is 10.2. The van der Waals surface area contributed by atoms with Crippen molar-refractivity contribution < 1.29 is 0 Å². The fourth-order valence-electron chi connectivity index (χ4n) is 1.67. The maximum absolute atomic E-state index is 5.85. The van der Waals surface area contributed by atoms with E-state index < -0.39 is 0 Å². The summed E-state index contributed by atoms with van der Waals surface area (Å²) in [6.07, 6.45) is 4.53. The Morgan fingerprint density at radius 1 is 1.47 bits per heavy atom. The normalized spacial score (nSPS) is 10.5. The molecular weight excluding hydrogens is 254 g/mol. The van der Waals surface area contributed by atoms with E-state index >= 15 is 0 Å². The molecule has 0 spiro atoms. The Hall–Kier alpha value is -1.29. The van der Waals surface area contributed by atoms with Gasteiger partial charge in [-0.25, -0.2) is 0 Å². The maximum Gasteiger partial charge on any atom is 0.0732 e. The highest BCUT2D eigenvalue weighted by Crippen LogP contribution is 2.31.